The minimum absolute atomic E-state index is 0.234. The van der Waals surface area contributed by atoms with Crippen LogP contribution >= 0.6 is 11.6 Å². The lowest BCUT2D eigenvalue weighted by Crippen LogP contribution is -2.22. The molecule has 5 nitrogen and oxygen atoms in total. The van der Waals surface area contributed by atoms with Crippen molar-refractivity contribution in [3.63, 3.8) is 0 Å². The van der Waals surface area contributed by atoms with Crippen LogP contribution in [-0.4, -0.2) is 19.3 Å². The van der Waals surface area contributed by atoms with E-state index in [1.807, 2.05) is 54.6 Å². The molecule has 0 saturated carbocycles. The van der Waals surface area contributed by atoms with Crippen molar-refractivity contribution in [2.45, 2.75) is 0 Å². The van der Waals surface area contributed by atoms with Gasteiger partial charge in [0, 0.05) is 10.6 Å². The van der Waals surface area contributed by atoms with E-state index in [0.29, 0.717) is 27.6 Å². The number of halogens is 2. The second-order valence-electron chi connectivity index (χ2n) is 8.27. The van der Waals surface area contributed by atoms with E-state index < -0.39 is 0 Å². The van der Waals surface area contributed by atoms with Gasteiger partial charge in [-0.1, -0.05) is 66.2 Å². The molecule has 2 heterocycles. The Morgan fingerprint density at radius 2 is 1.31 bits per heavy atom. The van der Waals surface area contributed by atoms with Crippen LogP contribution in [0.4, 0.5) is 4.39 Å². The van der Waals surface area contributed by atoms with Crippen molar-refractivity contribution in [1.82, 2.24) is 19.3 Å². The van der Waals surface area contributed by atoms with E-state index in [2.05, 4.69) is 5.10 Å². The first-order valence-electron chi connectivity index (χ1n) is 11.3. The number of benzene rings is 4. The number of aromatic nitrogens is 4. The van der Waals surface area contributed by atoms with Crippen molar-refractivity contribution in [3.05, 3.63) is 131 Å². The third-order valence-electron chi connectivity index (χ3n) is 6.01. The summed E-state index contributed by atoms with van der Waals surface area (Å²) in [5.74, 6) is 0.188. The lowest BCUT2D eigenvalue weighted by molar-refractivity contribution is 0.628. The molecule has 0 saturated heterocycles. The summed E-state index contributed by atoms with van der Waals surface area (Å²) in [7, 11) is 0. The van der Waals surface area contributed by atoms with Gasteiger partial charge in [-0.3, -0.25) is 9.36 Å². The van der Waals surface area contributed by atoms with Crippen molar-refractivity contribution in [2.24, 2.45) is 0 Å². The van der Waals surface area contributed by atoms with E-state index in [0.717, 1.165) is 22.4 Å². The molecule has 0 spiro atoms. The molecule has 7 heteroatoms. The van der Waals surface area contributed by atoms with Crippen molar-refractivity contribution < 1.29 is 4.39 Å². The van der Waals surface area contributed by atoms with Gasteiger partial charge < -0.3 is 0 Å². The fourth-order valence-electron chi connectivity index (χ4n) is 4.20. The van der Waals surface area contributed by atoms with Crippen molar-refractivity contribution in [1.29, 1.82) is 0 Å². The van der Waals surface area contributed by atoms with Crippen LogP contribution in [0.25, 0.3) is 44.9 Å². The second-order valence-corrected chi connectivity index (χ2v) is 8.70. The molecule has 6 aromatic rings. The highest BCUT2D eigenvalue weighted by Crippen LogP contribution is 2.27. The first-order valence-corrected chi connectivity index (χ1v) is 11.6. The molecule has 0 aliphatic carbocycles. The standard InChI is InChI=1S/C29H18ClFN4O/c30-22-12-16-24(17-13-22)34-27(21-8-6-19(7-9-21)20-10-14-23(31)15-11-20)33-28-26(29(34)36)18-32-35(28)25-4-2-1-3-5-25/h1-18H. The van der Waals surface area contributed by atoms with Crippen molar-refractivity contribution in [2.75, 3.05) is 0 Å². The Hall–Kier alpha value is -4.55. The van der Waals surface area contributed by atoms with Gasteiger partial charge in [-0.15, -0.1) is 0 Å². The third kappa shape index (κ3) is 3.87. The number of hydrogen-bond acceptors (Lipinski definition) is 3. The Balaban J connectivity index is 1.57. The van der Waals surface area contributed by atoms with Crippen LogP contribution in [0.2, 0.25) is 5.02 Å². The molecule has 0 radical (unpaired) electrons. The minimum atomic E-state index is -0.283. The smallest absolute Gasteiger partial charge is 0.268 e. The predicted molar refractivity (Wildman–Crippen MR) is 140 cm³/mol. The normalized spacial score (nSPS) is 11.2. The summed E-state index contributed by atoms with van der Waals surface area (Å²) in [6.07, 6.45) is 1.55. The van der Waals surface area contributed by atoms with Crippen LogP contribution in [0.5, 0.6) is 0 Å². The molecule has 0 aliphatic rings. The first kappa shape index (κ1) is 21.9. The molecule has 36 heavy (non-hydrogen) atoms. The van der Waals surface area contributed by atoms with Gasteiger partial charge in [-0.2, -0.15) is 5.10 Å². The molecule has 0 aliphatic heterocycles. The molecule has 0 amide bonds. The number of nitrogens with zero attached hydrogens (tertiary/aromatic N) is 4. The van der Waals surface area contributed by atoms with Gasteiger partial charge in [0.05, 0.1) is 17.6 Å². The van der Waals surface area contributed by atoms with Crippen LogP contribution in [0.3, 0.4) is 0 Å². The highest BCUT2D eigenvalue weighted by Gasteiger charge is 2.18. The largest absolute Gasteiger partial charge is 0.269 e. The molecule has 0 N–H and O–H groups in total. The molecule has 6 rings (SSSR count). The van der Waals surface area contributed by atoms with Gasteiger partial charge in [0.15, 0.2) is 5.65 Å². The summed E-state index contributed by atoms with van der Waals surface area (Å²) >= 11 is 6.11. The average molecular weight is 493 g/mol. The van der Waals surface area contributed by atoms with Crippen LogP contribution < -0.4 is 5.56 Å². The van der Waals surface area contributed by atoms with Crippen LogP contribution in [0.15, 0.2) is 114 Å². The van der Waals surface area contributed by atoms with E-state index in [4.69, 9.17) is 16.6 Å². The van der Waals surface area contributed by atoms with Gasteiger partial charge >= 0.3 is 0 Å². The molecule has 2 aromatic heterocycles. The van der Waals surface area contributed by atoms with E-state index >= 15 is 0 Å². The number of rotatable bonds is 4. The molecule has 0 atom stereocenters. The maximum atomic E-state index is 13.8. The van der Waals surface area contributed by atoms with Gasteiger partial charge in [-0.25, -0.2) is 14.1 Å². The van der Waals surface area contributed by atoms with E-state index in [-0.39, 0.29) is 11.4 Å². The summed E-state index contributed by atoms with van der Waals surface area (Å²) in [6.45, 7) is 0. The summed E-state index contributed by atoms with van der Waals surface area (Å²) < 4.78 is 16.6. The lowest BCUT2D eigenvalue weighted by atomic mass is 10.0. The SMILES string of the molecule is O=c1c2cnn(-c3ccccc3)c2nc(-c2ccc(-c3ccc(F)cc3)cc2)n1-c1ccc(Cl)cc1. The van der Waals surface area contributed by atoms with Crippen molar-refractivity contribution in [3.8, 4) is 33.9 Å². The van der Waals surface area contributed by atoms with Crippen LogP contribution in [0.1, 0.15) is 0 Å². The molecular weight excluding hydrogens is 475 g/mol. The molecule has 0 bridgehead atoms. The fraction of sp³-hybridized carbons (Fsp3) is 0. The average Bonchev–Trinajstić information content (AvgIpc) is 3.35. The van der Waals surface area contributed by atoms with Crippen LogP contribution in [0, 0.1) is 5.82 Å². The monoisotopic (exact) mass is 492 g/mol. The first-order chi connectivity index (χ1) is 17.6. The number of fused-ring (bicyclic) bond motifs is 1. The molecule has 174 valence electrons. The topological polar surface area (TPSA) is 52.7 Å². The predicted octanol–water partition coefficient (Wildman–Crippen LogP) is 6.70. The Morgan fingerprint density at radius 1 is 0.694 bits per heavy atom. The quantitative estimate of drug-likeness (QED) is 0.275. The van der Waals surface area contributed by atoms with Gasteiger partial charge in [0.25, 0.3) is 5.56 Å². The van der Waals surface area contributed by atoms with E-state index in [1.54, 1.807) is 51.8 Å². The molecule has 0 fully saturated rings. The Labute approximate surface area is 210 Å². The van der Waals surface area contributed by atoms with Gasteiger partial charge in [-0.05, 0) is 59.7 Å². The molecular formula is C29H18ClFN4O. The van der Waals surface area contributed by atoms with Crippen LogP contribution in [-0.2, 0) is 0 Å². The fourth-order valence-corrected chi connectivity index (χ4v) is 4.33. The van der Waals surface area contributed by atoms with Gasteiger partial charge in [0.2, 0.25) is 0 Å². The summed E-state index contributed by atoms with van der Waals surface area (Å²) in [5.41, 5.74) is 4.25. The minimum Gasteiger partial charge on any atom is -0.268 e. The summed E-state index contributed by atoms with van der Waals surface area (Å²) in [6, 6.07) is 30.6. The maximum Gasteiger partial charge on any atom is 0.269 e. The Morgan fingerprint density at radius 3 is 1.97 bits per heavy atom. The lowest BCUT2D eigenvalue weighted by Gasteiger charge is -2.14. The van der Waals surface area contributed by atoms with Crippen molar-refractivity contribution >= 4 is 22.6 Å². The molecule has 0 unspecified atom stereocenters. The zero-order valence-corrected chi connectivity index (χ0v) is 19.6. The van der Waals surface area contributed by atoms with Gasteiger partial charge in [0.1, 0.15) is 17.0 Å². The Kier molecular flexibility index (Phi) is 5.43. The van der Waals surface area contributed by atoms with E-state index in [1.165, 1.54) is 12.1 Å². The highest BCUT2D eigenvalue weighted by atomic mass is 35.5. The van der Waals surface area contributed by atoms with E-state index in [9.17, 15) is 9.18 Å². The Bertz CT molecular complexity index is 1740. The zero-order chi connectivity index (χ0) is 24.6. The highest BCUT2D eigenvalue weighted by molar-refractivity contribution is 6.30. The maximum absolute atomic E-state index is 13.8. The summed E-state index contributed by atoms with van der Waals surface area (Å²) in [4.78, 5) is 18.7. The number of para-hydroxylation sites is 1. The molecule has 4 aromatic carbocycles. The zero-order valence-electron chi connectivity index (χ0n) is 18.8. The summed E-state index contributed by atoms with van der Waals surface area (Å²) in [5, 5.41) is 5.44. The third-order valence-corrected chi connectivity index (χ3v) is 6.26. The second kappa shape index (κ2) is 8.91. The number of hydrogen-bond donors (Lipinski definition) is 0.